The first kappa shape index (κ1) is 17.1. The second kappa shape index (κ2) is 7.87. The average molecular weight is 327 g/mol. The van der Waals surface area contributed by atoms with Crippen molar-refractivity contribution >= 4 is 17.8 Å². The lowest BCUT2D eigenvalue weighted by Gasteiger charge is -2.10. The minimum absolute atomic E-state index is 0.0383. The summed E-state index contributed by atoms with van der Waals surface area (Å²) in [4.78, 5) is 21.9. The number of carbonyl (C=O) groups excluding carboxylic acids is 1. The van der Waals surface area contributed by atoms with Gasteiger partial charge in [-0.3, -0.25) is 14.9 Å². The number of aryl methyl sites for hydroxylation is 2. The van der Waals surface area contributed by atoms with Crippen LogP contribution in [0.25, 0.3) is 0 Å². The van der Waals surface area contributed by atoms with Crippen LogP contribution in [-0.4, -0.2) is 23.7 Å². The van der Waals surface area contributed by atoms with E-state index in [-0.39, 0.29) is 12.3 Å². The minimum atomic E-state index is -0.492. The molecule has 7 nitrogen and oxygen atoms in total. The average Bonchev–Trinajstić information content (AvgIpc) is 2.54. The maximum Gasteiger partial charge on any atom is 0.277 e. The number of nitrogens with one attached hydrogen (secondary N) is 1. The summed E-state index contributed by atoms with van der Waals surface area (Å²) in [6.45, 7) is 3.64. The van der Waals surface area contributed by atoms with E-state index >= 15 is 0 Å². The molecule has 0 aromatic heterocycles. The minimum Gasteiger partial charge on any atom is -0.483 e. The van der Waals surface area contributed by atoms with Gasteiger partial charge < -0.3 is 4.74 Å². The number of benzene rings is 2. The van der Waals surface area contributed by atoms with Gasteiger partial charge >= 0.3 is 0 Å². The van der Waals surface area contributed by atoms with Gasteiger partial charge in [0.05, 0.1) is 11.1 Å². The summed E-state index contributed by atoms with van der Waals surface area (Å²) in [5.41, 5.74) is 4.69. The molecule has 0 bridgehead atoms. The largest absolute Gasteiger partial charge is 0.483 e. The Labute approximate surface area is 139 Å². The first-order chi connectivity index (χ1) is 11.5. The lowest BCUT2D eigenvalue weighted by atomic mass is 10.1. The monoisotopic (exact) mass is 327 g/mol. The molecule has 0 saturated carbocycles. The molecule has 0 aliphatic heterocycles. The number of nitro benzene ring substituents is 1. The van der Waals surface area contributed by atoms with Crippen LogP contribution in [0.5, 0.6) is 5.75 Å². The molecule has 1 amide bonds. The SMILES string of the molecule is Cc1cccc(C)c1OCC(=O)N/N=C\c1cccc([N+](=O)[O-])c1. The van der Waals surface area contributed by atoms with E-state index in [1.54, 1.807) is 12.1 Å². The van der Waals surface area contributed by atoms with Gasteiger partial charge in [-0.05, 0) is 25.0 Å². The molecule has 0 saturated heterocycles. The Morgan fingerprint density at radius 1 is 1.25 bits per heavy atom. The summed E-state index contributed by atoms with van der Waals surface area (Å²) in [7, 11) is 0. The summed E-state index contributed by atoms with van der Waals surface area (Å²) >= 11 is 0. The summed E-state index contributed by atoms with van der Waals surface area (Å²) < 4.78 is 5.51. The Balaban J connectivity index is 1.89. The summed E-state index contributed by atoms with van der Waals surface area (Å²) in [5.74, 6) is 0.259. The zero-order chi connectivity index (χ0) is 17.5. The molecular formula is C17H17N3O4. The zero-order valence-electron chi connectivity index (χ0n) is 13.4. The van der Waals surface area contributed by atoms with Gasteiger partial charge in [-0.15, -0.1) is 0 Å². The molecule has 0 aliphatic carbocycles. The molecule has 0 spiro atoms. The molecule has 2 aromatic carbocycles. The van der Waals surface area contributed by atoms with Crippen molar-refractivity contribution in [1.82, 2.24) is 5.43 Å². The van der Waals surface area contributed by atoms with Gasteiger partial charge in [-0.2, -0.15) is 5.10 Å². The fourth-order valence-corrected chi connectivity index (χ4v) is 2.09. The standard InChI is InChI=1S/C17H17N3O4/c1-12-5-3-6-13(2)17(12)24-11-16(21)19-18-10-14-7-4-8-15(9-14)20(22)23/h3-10H,11H2,1-2H3,(H,19,21)/b18-10-. The number of hydrazone groups is 1. The first-order valence-electron chi connectivity index (χ1n) is 7.23. The first-order valence-corrected chi connectivity index (χ1v) is 7.23. The summed E-state index contributed by atoms with van der Waals surface area (Å²) in [6, 6.07) is 11.7. The topological polar surface area (TPSA) is 93.8 Å². The smallest absolute Gasteiger partial charge is 0.277 e. The quantitative estimate of drug-likeness (QED) is 0.501. The van der Waals surface area contributed by atoms with Crippen molar-refractivity contribution in [3.8, 4) is 5.75 Å². The van der Waals surface area contributed by atoms with Crippen LogP contribution in [0.4, 0.5) is 5.69 Å². The number of rotatable bonds is 6. The maximum absolute atomic E-state index is 11.7. The third kappa shape index (κ3) is 4.64. The predicted molar refractivity (Wildman–Crippen MR) is 90.2 cm³/mol. The van der Waals surface area contributed by atoms with Gasteiger partial charge in [0.2, 0.25) is 0 Å². The number of ether oxygens (including phenoxy) is 1. The van der Waals surface area contributed by atoms with E-state index < -0.39 is 10.8 Å². The Hall–Kier alpha value is -3.22. The van der Waals surface area contributed by atoms with Gasteiger partial charge in [0, 0.05) is 17.7 Å². The maximum atomic E-state index is 11.7. The Bertz CT molecular complexity index is 767. The van der Waals surface area contributed by atoms with Crippen LogP contribution in [0.2, 0.25) is 0 Å². The van der Waals surface area contributed by atoms with E-state index in [0.717, 1.165) is 11.1 Å². The second-order valence-electron chi connectivity index (χ2n) is 5.15. The molecule has 1 N–H and O–H groups in total. The van der Waals surface area contributed by atoms with Crippen molar-refractivity contribution in [2.45, 2.75) is 13.8 Å². The van der Waals surface area contributed by atoms with E-state index in [1.165, 1.54) is 18.3 Å². The third-order valence-corrected chi connectivity index (χ3v) is 3.24. The molecule has 2 rings (SSSR count). The van der Waals surface area contributed by atoms with E-state index in [4.69, 9.17) is 4.74 Å². The highest BCUT2D eigenvalue weighted by Gasteiger charge is 2.07. The lowest BCUT2D eigenvalue weighted by Crippen LogP contribution is -2.25. The summed E-state index contributed by atoms with van der Waals surface area (Å²) in [5, 5.41) is 14.5. The Morgan fingerprint density at radius 2 is 1.92 bits per heavy atom. The van der Waals surface area contributed by atoms with Gasteiger partial charge in [0.1, 0.15) is 5.75 Å². The van der Waals surface area contributed by atoms with Gasteiger partial charge in [-0.25, -0.2) is 5.43 Å². The normalized spacial score (nSPS) is 10.6. The summed E-state index contributed by atoms with van der Waals surface area (Å²) in [6.07, 6.45) is 1.34. The number of nitrogens with zero attached hydrogens (tertiary/aromatic N) is 2. The van der Waals surface area contributed by atoms with E-state index in [2.05, 4.69) is 10.5 Å². The highest BCUT2D eigenvalue weighted by Crippen LogP contribution is 2.21. The number of hydrogen-bond donors (Lipinski definition) is 1. The van der Waals surface area contributed by atoms with Crippen molar-refractivity contribution in [1.29, 1.82) is 0 Å². The fourth-order valence-electron chi connectivity index (χ4n) is 2.09. The highest BCUT2D eigenvalue weighted by atomic mass is 16.6. The number of carbonyl (C=O) groups is 1. The van der Waals surface area contributed by atoms with Crippen LogP contribution in [0, 0.1) is 24.0 Å². The molecule has 24 heavy (non-hydrogen) atoms. The van der Waals surface area contributed by atoms with Crippen molar-refractivity contribution in [3.63, 3.8) is 0 Å². The van der Waals surface area contributed by atoms with Crippen molar-refractivity contribution in [2.24, 2.45) is 5.10 Å². The number of amides is 1. The molecule has 0 radical (unpaired) electrons. The molecular weight excluding hydrogens is 310 g/mol. The molecule has 124 valence electrons. The predicted octanol–water partition coefficient (Wildman–Crippen LogP) is 2.74. The number of nitro groups is 1. The molecule has 0 atom stereocenters. The highest BCUT2D eigenvalue weighted by molar-refractivity contribution is 5.83. The van der Waals surface area contributed by atoms with Crippen LogP contribution in [0.3, 0.4) is 0 Å². The van der Waals surface area contributed by atoms with Crippen molar-refractivity contribution in [3.05, 3.63) is 69.3 Å². The lowest BCUT2D eigenvalue weighted by molar-refractivity contribution is -0.384. The van der Waals surface area contributed by atoms with E-state index in [9.17, 15) is 14.9 Å². The molecule has 0 heterocycles. The molecule has 7 heteroatoms. The fraction of sp³-hybridized carbons (Fsp3) is 0.176. The van der Waals surface area contributed by atoms with Crippen LogP contribution in [-0.2, 0) is 4.79 Å². The zero-order valence-corrected chi connectivity index (χ0v) is 13.4. The van der Waals surface area contributed by atoms with E-state index in [0.29, 0.717) is 11.3 Å². The molecule has 2 aromatic rings. The Morgan fingerprint density at radius 3 is 2.58 bits per heavy atom. The van der Waals surface area contributed by atoms with E-state index in [1.807, 2.05) is 32.0 Å². The van der Waals surface area contributed by atoms with Crippen LogP contribution in [0.15, 0.2) is 47.6 Å². The molecule has 0 fully saturated rings. The number of para-hydroxylation sites is 1. The van der Waals surface area contributed by atoms with Crippen LogP contribution >= 0.6 is 0 Å². The van der Waals surface area contributed by atoms with Crippen LogP contribution in [0.1, 0.15) is 16.7 Å². The number of non-ortho nitro benzene ring substituents is 1. The third-order valence-electron chi connectivity index (χ3n) is 3.24. The van der Waals surface area contributed by atoms with Gasteiger partial charge in [0.15, 0.2) is 6.61 Å². The Kier molecular flexibility index (Phi) is 5.62. The molecule has 0 unspecified atom stereocenters. The van der Waals surface area contributed by atoms with Crippen molar-refractivity contribution < 1.29 is 14.5 Å². The van der Waals surface area contributed by atoms with Gasteiger partial charge in [-0.1, -0.05) is 30.3 Å². The van der Waals surface area contributed by atoms with Gasteiger partial charge in [0.25, 0.3) is 11.6 Å². The van der Waals surface area contributed by atoms with Crippen molar-refractivity contribution in [2.75, 3.05) is 6.61 Å². The van der Waals surface area contributed by atoms with Crippen LogP contribution < -0.4 is 10.2 Å². The second-order valence-corrected chi connectivity index (χ2v) is 5.15. The molecule has 0 aliphatic rings. The number of hydrogen-bond acceptors (Lipinski definition) is 5.